The molecule has 3 amide bonds. The molecule has 3 rings (SSSR count). The fourth-order valence-corrected chi connectivity index (χ4v) is 2.99. The second-order valence-electron chi connectivity index (χ2n) is 6.04. The van der Waals surface area contributed by atoms with Gasteiger partial charge in [-0.2, -0.15) is 0 Å². The number of carbonyl (C=O) groups excluding carboxylic acids is 3. The molecular formula is C16H16N2O6. The quantitative estimate of drug-likeness (QED) is 0.766. The normalized spacial score (nSPS) is 22.6. The van der Waals surface area contributed by atoms with Crippen molar-refractivity contribution in [3.8, 4) is 0 Å². The van der Waals surface area contributed by atoms with Gasteiger partial charge in [-0.25, -0.2) is 0 Å². The van der Waals surface area contributed by atoms with E-state index < -0.39 is 29.2 Å². The number of carboxylic acids is 1. The molecule has 0 spiro atoms. The number of hydrogen-bond donors (Lipinski definition) is 2. The molecule has 1 fully saturated rings. The maximum atomic E-state index is 12.5. The highest BCUT2D eigenvalue weighted by molar-refractivity contribution is 6.21. The van der Waals surface area contributed by atoms with Crippen LogP contribution in [0.3, 0.4) is 0 Å². The third-order valence-corrected chi connectivity index (χ3v) is 4.32. The highest BCUT2D eigenvalue weighted by Crippen LogP contribution is 2.25. The zero-order valence-corrected chi connectivity index (χ0v) is 13.0. The standard InChI is InChI=1S/C16H16N2O6/c1-18-14(22)10-3-2-9(6-11(10)15(18)23)13(21)17-16(7-12(19)20)4-5-24-8-16/h2-3,6H,4-5,7-8H2,1H3,(H,17,21)(H,19,20). The Labute approximate surface area is 137 Å². The minimum Gasteiger partial charge on any atom is -0.481 e. The van der Waals surface area contributed by atoms with Crippen LogP contribution in [-0.2, 0) is 9.53 Å². The van der Waals surface area contributed by atoms with Gasteiger partial charge in [-0.05, 0) is 24.6 Å². The molecule has 0 saturated carbocycles. The van der Waals surface area contributed by atoms with E-state index in [1.165, 1.54) is 25.2 Å². The average molecular weight is 332 g/mol. The van der Waals surface area contributed by atoms with Crippen LogP contribution in [0.15, 0.2) is 18.2 Å². The molecule has 1 aromatic carbocycles. The van der Waals surface area contributed by atoms with Crippen molar-refractivity contribution in [2.75, 3.05) is 20.3 Å². The molecule has 0 radical (unpaired) electrons. The lowest BCUT2D eigenvalue weighted by atomic mass is 9.93. The number of ether oxygens (including phenoxy) is 1. The van der Waals surface area contributed by atoms with Crippen molar-refractivity contribution < 1.29 is 29.0 Å². The predicted molar refractivity (Wildman–Crippen MR) is 80.8 cm³/mol. The molecule has 0 aromatic heterocycles. The van der Waals surface area contributed by atoms with Gasteiger partial charge in [0, 0.05) is 19.2 Å². The molecule has 1 unspecified atom stereocenters. The zero-order chi connectivity index (χ0) is 17.5. The fraction of sp³-hybridized carbons (Fsp3) is 0.375. The molecule has 1 atom stereocenters. The zero-order valence-electron chi connectivity index (χ0n) is 13.0. The number of imide groups is 1. The summed E-state index contributed by atoms with van der Waals surface area (Å²) in [4.78, 5) is 48.4. The smallest absolute Gasteiger partial charge is 0.305 e. The molecule has 8 heteroatoms. The van der Waals surface area contributed by atoms with Gasteiger partial charge in [-0.3, -0.25) is 24.1 Å². The number of rotatable bonds is 4. The number of fused-ring (bicyclic) bond motifs is 1. The van der Waals surface area contributed by atoms with E-state index in [4.69, 9.17) is 9.84 Å². The number of nitrogens with one attached hydrogen (secondary N) is 1. The molecule has 1 aromatic rings. The Kier molecular flexibility index (Phi) is 3.84. The maximum Gasteiger partial charge on any atom is 0.305 e. The van der Waals surface area contributed by atoms with Crippen molar-refractivity contribution in [2.45, 2.75) is 18.4 Å². The van der Waals surface area contributed by atoms with Crippen molar-refractivity contribution in [3.05, 3.63) is 34.9 Å². The first-order valence-corrected chi connectivity index (χ1v) is 7.41. The molecule has 2 heterocycles. The Balaban J connectivity index is 1.85. The summed E-state index contributed by atoms with van der Waals surface area (Å²) in [6, 6.07) is 4.24. The van der Waals surface area contributed by atoms with Crippen molar-refractivity contribution in [3.63, 3.8) is 0 Å². The van der Waals surface area contributed by atoms with Crippen molar-refractivity contribution in [1.82, 2.24) is 10.2 Å². The van der Waals surface area contributed by atoms with E-state index in [0.29, 0.717) is 13.0 Å². The second-order valence-corrected chi connectivity index (χ2v) is 6.04. The number of aliphatic carboxylic acids is 1. The highest BCUT2D eigenvalue weighted by atomic mass is 16.5. The molecule has 1 saturated heterocycles. The minimum absolute atomic E-state index is 0.121. The third kappa shape index (κ3) is 2.65. The summed E-state index contributed by atoms with van der Waals surface area (Å²) < 4.78 is 5.23. The Morgan fingerprint density at radius 1 is 1.29 bits per heavy atom. The Morgan fingerprint density at radius 2 is 2.00 bits per heavy atom. The SMILES string of the molecule is CN1C(=O)c2ccc(C(=O)NC3(CC(=O)O)CCOC3)cc2C1=O. The van der Waals surface area contributed by atoms with E-state index in [0.717, 1.165) is 4.90 Å². The molecule has 8 nitrogen and oxygen atoms in total. The summed E-state index contributed by atoms with van der Waals surface area (Å²) in [6.45, 7) is 0.492. The van der Waals surface area contributed by atoms with Crippen molar-refractivity contribution in [2.24, 2.45) is 0 Å². The molecular weight excluding hydrogens is 316 g/mol. The number of amides is 3. The lowest BCUT2D eigenvalue weighted by molar-refractivity contribution is -0.138. The molecule has 2 N–H and O–H groups in total. The van der Waals surface area contributed by atoms with Gasteiger partial charge in [-0.1, -0.05) is 0 Å². The van der Waals surface area contributed by atoms with E-state index in [-0.39, 0.29) is 29.7 Å². The molecule has 2 aliphatic heterocycles. The number of benzene rings is 1. The van der Waals surface area contributed by atoms with Crippen LogP contribution in [0.1, 0.15) is 43.9 Å². The lowest BCUT2D eigenvalue weighted by Gasteiger charge is -2.27. The van der Waals surface area contributed by atoms with Gasteiger partial charge < -0.3 is 15.2 Å². The number of carboxylic acid groups (broad SMARTS) is 1. The van der Waals surface area contributed by atoms with Gasteiger partial charge in [0.15, 0.2) is 0 Å². The molecule has 0 aliphatic carbocycles. The van der Waals surface area contributed by atoms with Gasteiger partial charge in [0.1, 0.15) is 0 Å². The number of nitrogens with zero attached hydrogens (tertiary/aromatic N) is 1. The summed E-state index contributed by atoms with van der Waals surface area (Å²) in [5, 5.41) is 11.8. The van der Waals surface area contributed by atoms with Gasteiger partial charge in [0.05, 0.1) is 29.7 Å². The first kappa shape index (κ1) is 16.1. The van der Waals surface area contributed by atoms with Gasteiger partial charge >= 0.3 is 5.97 Å². The average Bonchev–Trinajstić information content (AvgIpc) is 3.06. The van der Waals surface area contributed by atoms with Crippen molar-refractivity contribution >= 4 is 23.7 Å². The Bertz CT molecular complexity index is 751. The van der Waals surface area contributed by atoms with Crippen LogP contribution >= 0.6 is 0 Å². The van der Waals surface area contributed by atoms with Gasteiger partial charge in [0.2, 0.25) is 0 Å². The van der Waals surface area contributed by atoms with E-state index in [1.54, 1.807) is 0 Å². The molecule has 24 heavy (non-hydrogen) atoms. The van der Waals surface area contributed by atoms with Crippen LogP contribution in [0, 0.1) is 0 Å². The van der Waals surface area contributed by atoms with E-state index in [1.807, 2.05) is 0 Å². The van der Waals surface area contributed by atoms with Crippen LogP contribution in [0.5, 0.6) is 0 Å². The highest BCUT2D eigenvalue weighted by Gasteiger charge is 2.39. The topological polar surface area (TPSA) is 113 Å². The molecule has 0 bridgehead atoms. The van der Waals surface area contributed by atoms with E-state index >= 15 is 0 Å². The summed E-state index contributed by atoms with van der Waals surface area (Å²) >= 11 is 0. The van der Waals surface area contributed by atoms with Crippen LogP contribution < -0.4 is 5.32 Å². The van der Waals surface area contributed by atoms with Crippen LogP contribution in [0.4, 0.5) is 0 Å². The third-order valence-electron chi connectivity index (χ3n) is 4.32. The predicted octanol–water partition coefficient (Wildman–Crippen LogP) is 0.276. The van der Waals surface area contributed by atoms with E-state index in [2.05, 4.69) is 5.32 Å². The van der Waals surface area contributed by atoms with Gasteiger partial charge in [0.25, 0.3) is 17.7 Å². The van der Waals surface area contributed by atoms with Crippen LogP contribution in [0.2, 0.25) is 0 Å². The second kappa shape index (κ2) is 5.72. The first-order chi connectivity index (χ1) is 11.3. The summed E-state index contributed by atoms with van der Waals surface area (Å²) in [6.07, 6.45) is 0.153. The Hall–Kier alpha value is -2.74. The number of hydrogen-bond acceptors (Lipinski definition) is 5. The Morgan fingerprint density at radius 3 is 2.62 bits per heavy atom. The monoisotopic (exact) mass is 332 g/mol. The van der Waals surface area contributed by atoms with E-state index in [9.17, 15) is 19.2 Å². The lowest BCUT2D eigenvalue weighted by Crippen LogP contribution is -2.50. The largest absolute Gasteiger partial charge is 0.481 e. The summed E-state index contributed by atoms with van der Waals surface area (Å²) in [5.41, 5.74) is -0.339. The van der Waals surface area contributed by atoms with Gasteiger partial charge in [-0.15, -0.1) is 0 Å². The number of carbonyl (C=O) groups is 4. The summed E-state index contributed by atoms with van der Waals surface area (Å²) in [7, 11) is 1.38. The maximum absolute atomic E-state index is 12.5. The fourth-order valence-electron chi connectivity index (χ4n) is 2.99. The van der Waals surface area contributed by atoms with Crippen molar-refractivity contribution in [1.29, 1.82) is 0 Å². The minimum atomic E-state index is -1.03. The van der Waals surface area contributed by atoms with Crippen LogP contribution in [-0.4, -0.2) is 59.5 Å². The van der Waals surface area contributed by atoms with Crippen LogP contribution in [0.25, 0.3) is 0 Å². The molecule has 2 aliphatic rings. The molecule has 126 valence electrons. The first-order valence-electron chi connectivity index (χ1n) is 7.41. The summed E-state index contributed by atoms with van der Waals surface area (Å²) in [5.74, 6) is -2.40.